The van der Waals surface area contributed by atoms with Crippen LogP contribution >= 0.6 is 0 Å². The minimum atomic E-state index is 0.186. The van der Waals surface area contributed by atoms with E-state index in [1.807, 2.05) is 36.4 Å². The summed E-state index contributed by atoms with van der Waals surface area (Å²) in [5, 5.41) is 38.6. The van der Waals surface area contributed by atoms with E-state index in [2.05, 4.69) is 9.80 Å². The first-order valence-electron chi connectivity index (χ1n) is 10.8. The number of benzene rings is 2. The third kappa shape index (κ3) is 8.71. The van der Waals surface area contributed by atoms with Crippen LogP contribution < -0.4 is 0 Å². The predicted octanol–water partition coefficient (Wildman–Crippen LogP) is 2.95. The van der Waals surface area contributed by atoms with Gasteiger partial charge in [-0.05, 0) is 50.9 Å². The second kappa shape index (κ2) is 14.0. The van der Waals surface area contributed by atoms with Crippen LogP contribution in [0.3, 0.4) is 0 Å². The van der Waals surface area contributed by atoms with Crippen molar-refractivity contribution in [3.8, 4) is 11.5 Å². The molecule has 0 aliphatic heterocycles. The number of rotatable bonds is 15. The Morgan fingerprint density at radius 1 is 0.533 bits per heavy atom. The van der Waals surface area contributed by atoms with Crippen molar-refractivity contribution in [1.82, 2.24) is 9.80 Å². The highest BCUT2D eigenvalue weighted by Crippen LogP contribution is 2.20. The number of phenols is 2. The molecule has 0 amide bonds. The number of nitrogens with zero attached hydrogens (tertiary/aromatic N) is 2. The Balaban J connectivity index is 2.01. The highest BCUT2D eigenvalue weighted by atomic mass is 16.3. The number of aliphatic hydroxyl groups is 2. The second-order valence-electron chi connectivity index (χ2n) is 7.67. The van der Waals surface area contributed by atoms with Crippen molar-refractivity contribution in [2.45, 2.75) is 38.8 Å². The van der Waals surface area contributed by atoms with E-state index in [0.717, 1.165) is 63.0 Å². The van der Waals surface area contributed by atoms with Crippen LogP contribution in [0.25, 0.3) is 0 Å². The van der Waals surface area contributed by atoms with Gasteiger partial charge in [-0.1, -0.05) is 36.4 Å². The van der Waals surface area contributed by atoms with Crippen LogP contribution in [0.1, 0.15) is 36.8 Å². The lowest BCUT2D eigenvalue weighted by atomic mass is 10.1. The molecule has 0 bridgehead atoms. The summed E-state index contributed by atoms with van der Waals surface area (Å²) in [4.78, 5) is 4.60. The zero-order valence-corrected chi connectivity index (χ0v) is 17.8. The topological polar surface area (TPSA) is 87.4 Å². The zero-order valence-electron chi connectivity index (χ0n) is 17.8. The summed E-state index contributed by atoms with van der Waals surface area (Å²) in [7, 11) is 0. The molecule has 0 aromatic heterocycles. The highest BCUT2D eigenvalue weighted by molar-refractivity contribution is 5.32. The molecule has 4 N–H and O–H groups in total. The molecular weight excluding hydrogens is 380 g/mol. The number of phenolic OH excluding ortho intramolecular Hbond substituents is 2. The molecule has 0 spiro atoms. The Labute approximate surface area is 180 Å². The maximum Gasteiger partial charge on any atom is 0.120 e. The molecule has 30 heavy (non-hydrogen) atoms. The first kappa shape index (κ1) is 24.2. The highest BCUT2D eigenvalue weighted by Gasteiger charge is 2.13. The second-order valence-corrected chi connectivity index (χ2v) is 7.67. The Morgan fingerprint density at radius 2 is 0.933 bits per heavy atom. The average Bonchev–Trinajstić information content (AvgIpc) is 2.75. The van der Waals surface area contributed by atoms with Gasteiger partial charge in [0.15, 0.2) is 0 Å². The van der Waals surface area contributed by atoms with Gasteiger partial charge in [0.05, 0.1) is 0 Å². The van der Waals surface area contributed by atoms with E-state index >= 15 is 0 Å². The molecule has 0 unspecified atom stereocenters. The molecule has 2 aromatic rings. The molecule has 0 fully saturated rings. The average molecular weight is 417 g/mol. The van der Waals surface area contributed by atoms with Gasteiger partial charge in [-0.3, -0.25) is 9.80 Å². The van der Waals surface area contributed by atoms with Crippen LogP contribution in [0.2, 0.25) is 0 Å². The van der Waals surface area contributed by atoms with Crippen LogP contribution in [0, 0.1) is 0 Å². The van der Waals surface area contributed by atoms with Crippen LogP contribution in [-0.4, -0.2) is 69.6 Å². The number of aromatic hydroxyl groups is 2. The predicted molar refractivity (Wildman–Crippen MR) is 119 cm³/mol. The Kier molecular flexibility index (Phi) is 11.3. The number of para-hydroxylation sites is 2. The van der Waals surface area contributed by atoms with Crippen molar-refractivity contribution in [1.29, 1.82) is 0 Å². The molecular formula is C24H36N2O4. The van der Waals surface area contributed by atoms with Gasteiger partial charge in [0.2, 0.25) is 0 Å². The summed E-state index contributed by atoms with van der Waals surface area (Å²) in [6, 6.07) is 14.8. The minimum absolute atomic E-state index is 0.186. The summed E-state index contributed by atoms with van der Waals surface area (Å²) < 4.78 is 0. The van der Waals surface area contributed by atoms with E-state index in [0.29, 0.717) is 24.6 Å². The molecule has 166 valence electrons. The molecule has 6 nitrogen and oxygen atoms in total. The lowest BCUT2D eigenvalue weighted by Crippen LogP contribution is -2.36. The van der Waals surface area contributed by atoms with E-state index in [4.69, 9.17) is 10.2 Å². The third-order valence-electron chi connectivity index (χ3n) is 5.27. The van der Waals surface area contributed by atoms with Gasteiger partial charge >= 0.3 is 0 Å². The maximum atomic E-state index is 10.1. The van der Waals surface area contributed by atoms with Crippen molar-refractivity contribution < 1.29 is 20.4 Å². The van der Waals surface area contributed by atoms with E-state index in [1.165, 1.54) is 0 Å². The SMILES string of the molecule is OCCCCN(CCN(CCCCO)Cc1ccccc1O)Cc1ccccc1O. The molecule has 6 heteroatoms. The van der Waals surface area contributed by atoms with Gasteiger partial charge in [-0.2, -0.15) is 0 Å². The summed E-state index contributed by atoms with van der Waals surface area (Å²) in [6.45, 7) is 4.99. The molecule has 0 aliphatic rings. The van der Waals surface area contributed by atoms with Crippen LogP contribution in [-0.2, 0) is 13.1 Å². The molecule has 0 radical (unpaired) electrons. The van der Waals surface area contributed by atoms with Crippen LogP contribution in [0.4, 0.5) is 0 Å². The summed E-state index contributed by atoms with van der Waals surface area (Å²) in [6.07, 6.45) is 3.31. The Morgan fingerprint density at radius 3 is 1.30 bits per heavy atom. The normalized spacial score (nSPS) is 11.5. The maximum absolute atomic E-state index is 10.1. The number of unbranched alkanes of at least 4 members (excludes halogenated alkanes) is 2. The fraction of sp³-hybridized carbons (Fsp3) is 0.500. The smallest absolute Gasteiger partial charge is 0.120 e. The van der Waals surface area contributed by atoms with Crippen molar-refractivity contribution in [3.63, 3.8) is 0 Å². The standard InChI is InChI=1S/C24H36N2O4/c27-17-7-5-13-25(19-21-9-1-3-11-23(21)29)15-16-26(14-6-8-18-28)20-22-10-2-4-12-24(22)30/h1-4,9-12,27-30H,5-8,13-20H2. The minimum Gasteiger partial charge on any atom is -0.508 e. The van der Waals surface area contributed by atoms with Crippen molar-refractivity contribution >= 4 is 0 Å². The molecule has 0 saturated heterocycles. The number of aliphatic hydroxyl groups excluding tert-OH is 2. The van der Waals surface area contributed by atoms with Gasteiger partial charge in [0.1, 0.15) is 11.5 Å². The van der Waals surface area contributed by atoms with Gasteiger partial charge < -0.3 is 20.4 Å². The fourth-order valence-corrected chi connectivity index (χ4v) is 3.49. The quantitative estimate of drug-likeness (QED) is 0.334. The van der Waals surface area contributed by atoms with Gasteiger partial charge in [0, 0.05) is 50.5 Å². The Bertz CT molecular complexity index is 664. The van der Waals surface area contributed by atoms with Gasteiger partial charge in [-0.25, -0.2) is 0 Å². The number of hydrogen-bond donors (Lipinski definition) is 4. The fourth-order valence-electron chi connectivity index (χ4n) is 3.49. The van der Waals surface area contributed by atoms with E-state index in [-0.39, 0.29) is 13.2 Å². The van der Waals surface area contributed by atoms with Crippen molar-refractivity contribution in [2.75, 3.05) is 39.4 Å². The van der Waals surface area contributed by atoms with Crippen molar-refractivity contribution in [2.24, 2.45) is 0 Å². The molecule has 0 heterocycles. The lowest BCUT2D eigenvalue weighted by Gasteiger charge is -2.28. The summed E-state index contributed by atoms with van der Waals surface area (Å²) in [5.74, 6) is 0.609. The monoisotopic (exact) mass is 416 g/mol. The van der Waals surface area contributed by atoms with Gasteiger partial charge in [-0.15, -0.1) is 0 Å². The van der Waals surface area contributed by atoms with Gasteiger partial charge in [0.25, 0.3) is 0 Å². The molecule has 2 aromatic carbocycles. The third-order valence-corrected chi connectivity index (χ3v) is 5.27. The van der Waals surface area contributed by atoms with E-state index in [1.54, 1.807) is 12.1 Å². The lowest BCUT2D eigenvalue weighted by molar-refractivity contribution is 0.178. The number of hydrogen-bond acceptors (Lipinski definition) is 6. The molecule has 0 saturated carbocycles. The van der Waals surface area contributed by atoms with Crippen LogP contribution in [0.15, 0.2) is 48.5 Å². The first-order valence-corrected chi connectivity index (χ1v) is 10.8. The zero-order chi connectivity index (χ0) is 21.6. The summed E-state index contributed by atoms with van der Waals surface area (Å²) in [5.41, 5.74) is 1.79. The summed E-state index contributed by atoms with van der Waals surface area (Å²) >= 11 is 0. The van der Waals surface area contributed by atoms with Crippen LogP contribution in [0.5, 0.6) is 11.5 Å². The van der Waals surface area contributed by atoms with Crippen molar-refractivity contribution in [3.05, 3.63) is 59.7 Å². The molecule has 2 rings (SSSR count). The molecule has 0 aliphatic carbocycles. The van der Waals surface area contributed by atoms with E-state index in [9.17, 15) is 10.2 Å². The first-order chi connectivity index (χ1) is 14.6. The Hall–Kier alpha value is -2.12. The van der Waals surface area contributed by atoms with E-state index < -0.39 is 0 Å². The largest absolute Gasteiger partial charge is 0.508 e. The molecule has 0 atom stereocenters.